The molecule has 0 spiro atoms. The van der Waals surface area contributed by atoms with Crippen LogP contribution < -0.4 is 5.73 Å². The van der Waals surface area contributed by atoms with Crippen molar-refractivity contribution in [3.05, 3.63) is 17.5 Å². The number of anilines is 1. The molecule has 0 aliphatic heterocycles. The Morgan fingerprint density at radius 3 is 2.82 bits per heavy atom. The van der Waals surface area contributed by atoms with Gasteiger partial charge in [0.25, 0.3) is 0 Å². The Morgan fingerprint density at radius 1 is 1.53 bits per heavy atom. The second kappa shape index (κ2) is 4.29. The molecule has 0 saturated carbocycles. The number of hydrogen-bond acceptors (Lipinski definition) is 5. The minimum absolute atomic E-state index is 0.0457. The second-order valence-electron chi connectivity index (χ2n) is 3.53. The Kier molecular flexibility index (Phi) is 2.83. The van der Waals surface area contributed by atoms with Crippen molar-refractivity contribution < 1.29 is 4.42 Å². The van der Waals surface area contributed by atoms with Gasteiger partial charge in [0.05, 0.1) is 5.69 Å². The van der Waals surface area contributed by atoms with Crippen molar-refractivity contribution in [1.29, 1.82) is 5.26 Å². The standard InChI is InChI=1S/C11H13N5O/c1-3-7-5-9(16(4-2)15-7)11-14-8(6-12)10(13)17-11/h5H,3-4,13H2,1-2H3. The fraction of sp³-hybridized carbons (Fsp3) is 0.364. The molecule has 17 heavy (non-hydrogen) atoms. The van der Waals surface area contributed by atoms with E-state index in [1.54, 1.807) is 4.68 Å². The van der Waals surface area contributed by atoms with Crippen LogP contribution in [0.5, 0.6) is 0 Å². The summed E-state index contributed by atoms with van der Waals surface area (Å²) in [5.74, 6) is 0.387. The Balaban J connectivity index is 2.51. The maximum absolute atomic E-state index is 8.78. The van der Waals surface area contributed by atoms with Gasteiger partial charge in [0.1, 0.15) is 11.8 Å². The molecule has 0 unspecified atom stereocenters. The van der Waals surface area contributed by atoms with Gasteiger partial charge in [-0.2, -0.15) is 15.3 Å². The summed E-state index contributed by atoms with van der Waals surface area (Å²) in [6, 6.07) is 3.78. The first-order valence-corrected chi connectivity index (χ1v) is 5.43. The molecular weight excluding hydrogens is 218 g/mol. The van der Waals surface area contributed by atoms with Crippen LogP contribution in [0.4, 0.5) is 5.88 Å². The van der Waals surface area contributed by atoms with Crippen molar-refractivity contribution in [3.63, 3.8) is 0 Å². The topological polar surface area (TPSA) is 93.7 Å². The number of nitrogens with zero attached hydrogens (tertiary/aromatic N) is 4. The van der Waals surface area contributed by atoms with Crippen LogP contribution >= 0.6 is 0 Å². The van der Waals surface area contributed by atoms with Crippen molar-refractivity contribution in [2.75, 3.05) is 5.73 Å². The highest BCUT2D eigenvalue weighted by Crippen LogP contribution is 2.24. The van der Waals surface area contributed by atoms with Gasteiger partial charge in [0, 0.05) is 6.54 Å². The van der Waals surface area contributed by atoms with Gasteiger partial charge in [0.15, 0.2) is 0 Å². The predicted octanol–water partition coefficient (Wildman–Crippen LogP) is 1.57. The number of oxazole rings is 1. The number of nitrogen functional groups attached to an aromatic ring is 1. The minimum Gasteiger partial charge on any atom is -0.418 e. The van der Waals surface area contributed by atoms with Gasteiger partial charge < -0.3 is 10.2 Å². The smallest absolute Gasteiger partial charge is 0.248 e. The number of nitrogens with two attached hydrogens (primary N) is 1. The average molecular weight is 231 g/mol. The maximum atomic E-state index is 8.78. The van der Waals surface area contributed by atoms with E-state index in [9.17, 15) is 0 Å². The van der Waals surface area contributed by atoms with Crippen molar-refractivity contribution >= 4 is 5.88 Å². The molecule has 2 heterocycles. The highest BCUT2D eigenvalue weighted by molar-refractivity contribution is 5.54. The van der Waals surface area contributed by atoms with E-state index in [4.69, 9.17) is 15.4 Å². The first-order valence-electron chi connectivity index (χ1n) is 5.43. The first kappa shape index (κ1) is 11.2. The van der Waals surface area contributed by atoms with Crippen molar-refractivity contribution in [2.45, 2.75) is 26.8 Å². The van der Waals surface area contributed by atoms with Crippen LogP contribution in [0.2, 0.25) is 0 Å². The zero-order valence-electron chi connectivity index (χ0n) is 9.77. The molecule has 0 saturated heterocycles. The number of hydrogen-bond donors (Lipinski definition) is 1. The molecule has 6 heteroatoms. The second-order valence-corrected chi connectivity index (χ2v) is 3.53. The fourth-order valence-electron chi connectivity index (χ4n) is 1.58. The Hall–Kier alpha value is -2.29. The summed E-state index contributed by atoms with van der Waals surface area (Å²) in [5.41, 5.74) is 7.36. The average Bonchev–Trinajstić information content (AvgIpc) is 2.91. The van der Waals surface area contributed by atoms with Crippen molar-refractivity contribution in [3.8, 4) is 17.7 Å². The molecule has 2 N–H and O–H groups in total. The Bertz CT molecular complexity index is 575. The molecular formula is C11H13N5O. The monoisotopic (exact) mass is 231 g/mol. The van der Waals surface area contributed by atoms with Gasteiger partial charge in [-0.05, 0) is 19.4 Å². The van der Waals surface area contributed by atoms with E-state index < -0.39 is 0 Å². The van der Waals surface area contributed by atoms with E-state index in [1.165, 1.54) is 0 Å². The van der Waals surface area contributed by atoms with Crippen LogP contribution in [0.25, 0.3) is 11.6 Å². The van der Waals surface area contributed by atoms with Gasteiger partial charge in [0.2, 0.25) is 17.5 Å². The molecule has 0 radical (unpaired) electrons. The summed E-state index contributed by atoms with van der Waals surface area (Å²) in [5, 5.41) is 13.2. The minimum atomic E-state index is 0.0457. The number of rotatable bonds is 3. The fourth-order valence-corrected chi connectivity index (χ4v) is 1.58. The highest BCUT2D eigenvalue weighted by Gasteiger charge is 2.16. The molecule has 2 aromatic rings. The van der Waals surface area contributed by atoms with E-state index in [1.807, 2.05) is 26.0 Å². The lowest BCUT2D eigenvalue weighted by molar-refractivity contribution is 0.572. The van der Waals surface area contributed by atoms with Crippen LogP contribution in [0.15, 0.2) is 10.5 Å². The summed E-state index contributed by atoms with van der Waals surface area (Å²) < 4.78 is 7.06. The largest absolute Gasteiger partial charge is 0.418 e. The SMILES string of the molecule is CCc1cc(-c2nc(C#N)c(N)o2)n(CC)n1. The van der Waals surface area contributed by atoms with Gasteiger partial charge in [-0.1, -0.05) is 6.92 Å². The number of aromatic nitrogens is 3. The van der Waals surface area contributed by atoms with Gasteiger partial charge in [-0.3, -0.25) is 4.68 Å². The number of nitriles is 1. The Labute approximate surface area is 98.7 Å². The molecule has 0 aliphatic rings. The van der Waals surface area contributed by atoms with Crippen molar-refractivity contribution in [1.82, 2.24) is 14.8 Å². The van der Waals surface area contributed by atoms with E-state index >= 15 is 0 Å². The van der Waals surface area contributed by atoms with Crippen LogP contribution in [0.1, 0.15) is 25.2 Å². The first-order chi connectivity index (χ1) is 8.19. The van der Waals surface area contributed by atoms with E-state index in [0.29, 0.717) is 12.4 Å². The number of aryl methyl sites for hydroxylation is 2. The molecule has 0 aromatic carbocycles. The molecule has 0 fully saturated rings. The molecule has 6 nitrogen and oxygen atoms in total. The van der Waals surface area contributed by atoms with Gasteiger partial charge >= 0.3 is 0 Å². The van der Waals surface area contributed by atoms with Crippen LogP contribution in [0, 0.1) is 11.3 Å². The summed E-state index contributed by atoms with van der Waals surface area (Å²) in [7, 11) is 0. The summed E-state index contributed by atoms with van der Waals surface area (Å²) in [4.78, 5) is 4.04. The zero-order valence-corrected chi connectivity index (χ0v) is 9.77. The van der Waals surface area contributed by atoms with Gasteiger partial charge in [-0.25, -0.2) is 0 Å². The van der Waals surface area contributed by atoms with Crippen molar-refractivity contribution in [2.24, 2.45) is 0 Å². The normalized spacial score (nSPS) is 10.4. The van der Waals surface area contributed by atoms with Gasteiger partial charge in [-0.15, -0.1) is 0 Å². The lowest BCUT2D eigenvalue weighted by atomic mass is 10.3. The summed E-state index contributed by atoms with van der Waals surface area (Å²) in [6.45, 7) is 4.71. The lowest BCUT2D eigenvalue weighted by Crippen LogP contribution is -1.99. The van der Waals surface area contributed by atoms with Crippen LogP contribution in [-0.2, 0) is 13.0 Å². The quantitative estimate of drug-likeness (QED) is 0.865. The molecule has 0 aliphatic carbocycles. The van der Waals surface area contributed by atoms with E-state index in [0.717, 1.165) is 17.8 Å². The lowest BCUT2D eigenvalue weighted by Gasteiger charge is -1.98. The Morgan fingerprint density at radius 2 is 2.29 bits per heavy atom. The molecule has 0 bridgehead atoms. The third kappa shape index (κ3) is 1.87. The third-order valence-corrected chi connectivity index (χ3v) is 2.47. The van der Waals surface area contributed by atoms with Crippen LogP contribution in [-0.4, -0.2) is 14.8 Å². The van der Waals surface area contributed by atoms with E-state index in [-0.39, 0.29) is 11.6 Å². The summed E-state index contributed by atoms with van der Waals surface area (Å²) in [6.07, 6.45) is 0.835. The molecule has 2 rings (SSSR count). The maximum Gasteiger partial charge on any atom is 0.248 e. The zero-order chi connectivity index (χ0) is 12.4. The van der Waals surface area contributed by atoms with Crippen LogP contribution in [0.3, 0.4) is 0 Å². The molecule has 88 valence electrons. The highest BCUT2D eigenvalue weighted by atomic mass is 16.4. The third-order valence-electron chi connectivity index (χ3n) is 2.47. The molecule has 0 amide bonds. The predicted molar refractivity (Wildman–Crippen MR) is 61.9 cm³/mol. The van der Waals surface area contributed by atoms with E-state index in [2.05, 4.69) is 10.1 Å². The summed E-state index contributed by atoms with van der Waals surface area (Å²) >= 11 is 0. The molecule has 2 aromatic heterocycles. The molecule has 0 atom stereocenters.